The number of nitrogens with one attached hydrogen (secondary N) is 1. The molecule has 0 atom stereocenters. The maximum atomic E-state index is 12.3. The second kappa shape index (κ2) is 8.62. The Labute approximate surface area is 155 Å². The zero-order valence-corrected chi connectivity index (χ0v) is 14.4. The number of hydrogen-bond acceptors (Lipinski definition) is 5. The summed E-state index contributed by atoms with van der Waals surface area (Å²) >= 11 is 0. The first-order chi connectivity index (χ1) is 13.1. The van der Waals surface area contributed by atoms with E-state index in [2.05, 4.69) is 4.98 Å². The van der Waals surface area contributed by atoms with E-state index in [1.54, 1.807) is 66.9 Å². The van der Waals surface area contributed by atoms with Crippen LogP contribution in [0.3, 0.4) is 0 Å². The molecule has 0 aliphatic rings. The van der Waals surface area contributed by atoms with E-state index in [4.69, 9.17) is 9.47 Å². The van der Waals surface area contributed by atoms with Crippen molar-refractivity contribution in [3.8, 4) is 5.75 Å². The van der Waals surface area contributed by atoms with Gasteiger partial charge in [0.25, 0.3) is 0 Å². The van der Waals surface area contributed by atoms with Crippen LogP contribution < -0.4 is 4.74 Å². The summed E-state index contributed by atoms with van der Waals surface area (Å²) in [5.41, 5.74) is 1.50. The van der Waals surface area contributed by atoms with Crippen molar-refractivity contribution >= 4 is 17.5 Å². The first kappa shape index (κ1) is 18.1. The number of hydrogen-bond donors (Lipinski definition) is 1. The van der Waals surface area contributed by atoms with Crippen molar-refractivity contribution < 1.29 is 23.9 Å². The third-order valence-corrected chi connectivity index (χ3v) is 3.77. The number of ether oxygens (including phenoxy) is 2. The Morgan fingerprint density at radius 1 is 0.778 bits per heavy atom. The van der Waals surface area contributed by atoms with Crippen LogP contribution in [0, 0.1) is 0 Å². The maximum absolute atomic E-state index is 12.3. The van der Waals surface area contributed by atoms with E-state index >= 15 is 0 Å². The second-order valence-electron chi connectivity index (χ2n) is 5.68. The molecule has 6 heteroatoms. The van der Waals surface area contributed by atoms with Crippen molar-refractivity contribution in [2.45, 2.75) is 0 Å². The lowest BCUT2D eigenvalue weighted by Gasteiger charge is -2.07. The number of H-pyrrole nitrogens is 1. The minimum absolute atomic E-state index is 0.0932. The number of aromatic nitrogens is 1. The Kier molecular flexibility index (Phi) is 5.79. The summed E-state index contributed by atoms with van der Waals surface area (Å²) in [6.45, 7) is -0.683. The fourth-order valence-electron chi connectivity index (χ4n) is 2.37. The monoisotopic (exact) mass is 363 g/mol. The molecule has 0 unspecified atom stereocenters. The molecule has 2 aromatic carbocycles. The Hall–Kier alpha value is -3.67. The van der Waals surface area contributed by atoms with Gasteiger partial charge in [-0.05, 0) is 36.4 Å². The Morgan fingerprint density at radius 3 is 2.15 bits per heavy atom. The lowest BCUT2D eigenvalue weighted by Crippen LogP contribution is -2.19. The fraction of sp³-hybridized carbons (Fsp3) is 0.0952. The van der Waals surface area contributed by atoms with Crippen molar-refractivity contribution in [2.24, 2.45) is 0 Å². The number of aromatic amines is 1. The molecule has 0 aliphatic carbocycles. The number of Topliss-reactive ketones (excluding diaryl/α,β-unsaturated/α-hetero) is 1. The summed E-state index contributed by atoms with van der Waals surface area (Å²) in [5.74, 6) is -0.645. The van der Waals surface area contributed by atoms with Gasteiger partial charge >= 0.3 is 5.97 Å². The highest BCUT2D eigenvalue weighted by molar-refractivity contribution is 6.09. The predicted octanol–water partition coefficient (Wildman–Crippen LogP) is 3.05. The van der Waals surface area contributed by atoms with E-state index in [9.17, 15) is 14.4 Å². The van der Waals surface area contributed by atoms with Gasteiger partial charge in [-0.15, -0.1) is 0 Å². The van der Waals surface area contributed by atoms with Crippen molar-refractivity contribution in [1.82, 2.24) is 4.98 Å². The fourth-order valence-corrected chi connectivity index (χ4v) is 2.37. The third kappa shape index (κ3) is 4.92. The van der Waals surface area contributed by atoms with E-state index in [1.807, 2.05) is 6.07 Å². The molecule has 1 N–H and O–H groups in total. The van der Waals surface area contributed by atoms with Gasteiger partial charge in [-0.3, -0.25) is 9.59 Å². The molecule has 27 heavy (non-hydrogen) atoms. The van der Waals surface area contributed by atoms with E-state index in [1.165, 1.54) is 0 Å². The van der Waals surface area contributed by atoms with Gasteiger partial charge in [-0.2, -0.15) is 0 Å². The second-order valence-corrected chi connectivity index (χ2v) is 5.68. The highest BCUT2D eigenvalue weighted by Crippen LogP contribution is 2.15. The number of carbonyl (C=O) groups is 3. The summed E-state index contributed by atoms with van der Waals surface area (Å²) in [7, 11) is 0. The molecule has 0 aliphatic heterocycles. The molecule has 6 nitrogen and oxygen atoms in total. The van der Waals surface area contributed by atoms with Crippen molar-refractivity contribution in [1.29, 1.82) is 0 Å². The molecule has 0 saturated carbocycles. The number of carbonyl (C=O) groups excluding carboxylic acids is 3. The van der Waals surface area contributed by atoms with Gasteiger partial charge in [0.15, 0.2) is 19.0 Å². The molecule has 1 heterocycles. The number of benzene rings is 2. The van der Waals surface area contributed by atoms with Gasteiger partial charge in [-0.1, -0.05) is 30.3 Å². The number of esters is 1. The summed E-state index contributed by atoms with van der Waals surface area (Å²) in [5, 5.41) is 0. The minimum atomic E-state index is -0.653. The van der Waals surface area contributed by atoms with E-state index in [0.29, 0.717) is 22.6 Å². The largest absolute Gasteiger partial charge is 0.482 e. The van der Waals surface area contributed by atoms with Crippen LogP contribution in [0.1, 0.15) is 26.4 Å². The molecule has 3 rings (SSSR count). The molecular formula is C21H17NO5. The quantitative estimate of drug-likeness (QED) is 0.491. The van der Waals surface area contributed by atoms with Gasteiger partial charge in [0.05, 0.1) is 5.69 Å². The molecule has 0 radical (unpaired) electrons. The molecule has 0 fully saturated rings. The first-order valence-electron chi connectivity index (χ1n) is 8.28. The van der Waals surface area contributed by atoms with Gasteiger partial charge in [0.1, 0.15) is 5.75 Å². The lowest BCUT2D eigenvalue weighted by molar-refractivity contribution is -0.144. The zero-order valence-electron chi connectivity index (χ0n) is 14.4. The molecule has 3 aromatic rings. The predicted molar refractivity (Wildman–Crippen MR) is 97.9 cm³/mol. The summed E-state index contributed by atoms with van der Waals surface area (Å²) < 4.78 is 10.2. The van der Waals surface area contributed by atoms with Crippen LogP contribution in [0.5, 0.6) is 5.75 Å². The third-order valence-electron chi connectivity index (χ3n) is 3.77. The first-order valence-corrected chi connectivity index (χ1v) is 8.28. The number of rotatable bonds is 8. The highest BCUT2D eigenvalue weighted by Gasteiger charge is 2.12. The molecule has 136 valence electrons. The standard InChI is InChI=1S/C21H17NO5/c23-19(18-7-4-12-22-18)13-27-20(24)14-26-17-10-8-16(9-11-17)21(25)15-5-2-1-3-6-15/h1-12,22H,13-14H2. The molecule has 0 bridgehead atoms. The summed E-state index contributed by atoms with van der Waals surface area (Å²) in [6.07, 6.45) is 1.62. The minimum Gasteiger partial charge on any atom is -0.482 e. The van der Waals surface area contributed by atoms with E-state index in [-0.39, 0.29) is 24.8 Å². The van der Waals surface area contributed by atoms with Gasteiger partial charge < -0.3 is 14.5 Å². The molecule has 0 amide bonds. The normalized spacial score (nSPS) is 10.2. The SMILES string of the molecule is O=C(COc1ccc(C(=O)c2ccccc2)cc1)OCC(=O)c1ccc[nH]1. The Balaban J connectivity index is 1.48. The molecule has 0 spiro atoms. The Morgan fingerprint density at radius 2 is 1.48 bits per heavy atom. The van der Waals surface area contributed by atoms with Crippen molar-refractivity contribution in [2.75, 3.05) is 13.2 Å². The van der Waals surface area contributed by atoms with Gasteiger partial charge in [0.2, 0.25) is 5.78 Å². The summed E-state index contributed by atoms with van der Waals surface area (Å²) in [4.78, 5) is 38.5. The van der Waals surface area contributed by atoms with Crippen LogP contribution in [0.4, 0.5) is 0 Å². The van der Waals surface area contributed by atoms with E-state index < -0.39 is 5.97 Å². The Bertz CT molecular complexity index is 915. The smallest absolute Gasteiger partial charge is 0.344 e. The van der Waals surface area contributed by atoms with Gasteiger partial charge in [0, 0.05) is 17.3 Å². The maximum Gasteiger partial charge on any atom is 0.344 e. The van der Waals surface area contributed by atoms with Gasteiger partial charge in [-0.25, -0.2) is 4.79 Å². The topological polar surface area (TPSA) is 85.5 Å². The van der Waals surface area contributed by atoms with Crippen molar-refractivity contribution in [3.63, 3.8) is 0 Å². The number of ketones is 2. The van der Waals surface area contributed by atoms with Crippen LogP contribution in [-0.2, 0) is 9.53 Å². The molecular weight excluding hydrogens is 346 g/mol. The average Bonchev–Trinajstić information content (AvgIpc) is 3.26. The van der Waals surface area contributed by atoms with Crippen LogP contribution in [0.2, 0.25) is 0 Å². The molecule has 1 aromatic heterocycles. The van der Waals surface area contributed by atoms with Crippen molar-refractivity contribution in [3.05, 3.63) is 89.7 Å². The highest BCUT2D eigenvalue weighted by atomic mass is 16.6. The summed E-state index contributed by atoms with van der Waals surface area (Å²) in [6, 6.07) is 18.7. The lowest BCUT2D eigenvalue weighted by atomic mass is 10.0. The van der Waals surface area contributed by atoms with Crippen LogP contribution in [-0.4, -0.2) is 35.7 Å². The van der Waals surface area contributed by atoms with E-state index in [0.717, 1.165) is 0 Å². The zero-order chi connectivity index (χ0) is 19.1. The van der Waals surface area contributed by atoms with Crippen LogP contribution >= 0.6 is 0 Å². The van der Waals surface area contributed by atoms with Crippen LogP contribution in [0.25, 0.3) is 0 Å². The van der Waals surface area contributed by atoms with Crippen LogP contribution in [0.15, 0.2) is 72.9 Å². The molecule has 0 saturated heterocycles. The average molecular weight is 363 g/mol.